The molecule has 4 rings (SSSR count). The van der Waals surface area contributed by atoms with E-state index in [4.69, 9.17) is 18.9 Å². The highest BCUT2D eigenvalue weighted by atomic mass is 32.1. The SMILES string of the molecule is COc1ccc(OC)c(C(=O)Nc2nc3cc4c(cc3s2)OCO4)c1. The Kier molecular flexibility index (Phi) is 3.81. The minimum atomic E-state index is -0.324. The van der Waals surface area contributed by atoms with Crippen molar-refractivity contribution in [3.63, 3.8) is 0 Å². The van der Waals surface area contributed by atoms with Gasteiger partial charge in [0, 0.05) is 12.1 Å². The molecular weight excluding hydrogens is 344 g/mol. The van der Waals surface area contributed by atoms with Crippen LogP contribution in [0.15, 0.2) is 30.3 Å². The molecule has 7 nitrogen and oxygen atoms in total. The first-order valence-corrected chi connectivity index (χ1v) is 8.23. The molecule has 0 saturated heterocycles. The molecule has 1 amide bonds. The maximum atomic E-state index is 12.6. The summed E-state index contributed by atoms with van der Waals surface area (Å²) < 4.78 is 22.0. The molecule has 2 aromatic carbocycles. The molecule has 0 unspecified atom stereocenters. The third kappa shape index (κ3) is 2.80. The molecule has 25 heavy (non-hydrogen) atoms. The zero-order valence-corrected chi connectivity index (χ0v) is 14.3. The van der Waals surface area contributed by atoms with Crippen LogP contribution in [0, 0.1) is 0 Å². The van der Waals surface area contributed by atoms with Gasteiger partial charge in [-0.2, -0.15) is 0 Å². The summed E-state index contributed by atoms with van der Waals surface area (Å²) in [7, 11) is 3.05. The van der Waals surface area contributed by atoms with E-state index >= 15 is 0 Å². The average molecular weight is 358 g/mol. The van der Waals surface area contributed by atoms with Crippen LogP contribution in [0.3, 0.4) is 0 Å². The first-order valence-electron chi connectivity index (χ1n) is 7.41. The van der Waals surface area contributed by atoms with E-state index in [9.17, 15) is 4.79 Å². The molecule has 0 atom stereocenters. The Labute approximate surface area is 147 Å². The van der Waals surface area contributed by atoms with Crippen LogP contribution >= 0.6 is 11.3 Å². The van der Waals surface area contributed by atoms with E-state index in [0.29, 0.717) is 33.7 Å². The van der Waals surface area contributed by atoms with Crippen molar-refractivity contribution in [3.8, 4) is 23.0 Å². The van der Waals surface area contributed by atoms with Gasteiger partial charge >= 0.3 is 0 Å². The summed E-state index contributed by atoms with van der Waals surface area (Å²) in [6.07, 6.45) is 0. The molecule has 1 aromatic heterocycles. The lowest BCUT2D eigenvalue weighted by Gasteiger charge is -2.09. The fraction of sp³-hybridized carbons (Fsp3) is 0.176. The summed E-state index contributed by atoms with van der Waals surface area (Å²) in [5.74, 6) is 2.05. The van der Waals surface area contributed by atoms with E-state index in [-0.39, 0.29) is 12.7 Å². The summed E-state index contributed by atoms with van der Waals surface area (Å²) in [5, 5.41) is 3.28. The standard InChI is InChI=1S/C17H14N2O5S/c1-21-9-3-4-12(22-2)10(5-9)16(20)19-17-18-11-6-13-14(24-8-23-13)7-15(11)25-17/h3-7H,8H2,1-2H3,(H,18,19,20). The molecular formula is C17H14N2O5S. The van der Waals surface area contributed by atoms with Gasteiger partial charge in [0.05, 0.1) is 30.0 Å². The second kappa shape index (κ2) is 6.14. The minimum Gasteiger partial charge on any atom is -0.497 e. The van der Waals surface area contributed by atoms with Crippen LogP contribution in [0.5, 0.6) is 23.0 Å². The van der Waals surface area contributed by atoms with E-state index in [0.717, 1.165) is 10.2 Å². The molecule has 0 spiro atoms. The molecule has 128 valence electrons. The van der Waals surface area contributed by atoms with Crippen molar-refractivity contribution in [2.24, 2.45) is 0 Å². The predicted molar refractivity (Wildman–Crippen MR) is 93.2 cm³/mol. The number of aromatic nitrogens is 1. The number of carbonyl (C=O) groups excluding carboxylic acids is 1. The maximum Gasteiger partial charge on any atom is 0.261 e. The summed E-state index contributed by atoms with van der Waals surface area (Å²) in [5.41, 5.74) is 1.11. The molecule has 0 fully saturated rings. The Hall–Kier alpha value is -3.00. The van der Waals surface area contributed by atoms with Crippen molar-refractivity contribution in [2.75, 3.05) is 26.3 Å². The molecule has 1 aliphatic heterocycles. The van der Waals surface area contributed by atoms with Crippen molar-refractivity contribution < 1.29 is 23.7 Å². The van der Waals surface area contributed by atoms with Gasteiger partial charge in [-0.05, 0) is 18.2 Å². The van der Waals surface area contributed by atoms with Gasteiger partial charge in [0.2, 0.25) is 6.79 Å². The molecule has 0 aliphatic carbocycles. The predicted octanol–water partition coefficient (Wildman–Crippen LogP) is 3.29. The van der Waals surface area contributed by atoms with Gasteiger partial charge in [0.1, 0.15) is 11.5 Å². The maximum absolute atomic E-state index is 12.6. The van der Waals surface area contributed by atoms with Crippen LogP contribution in [-0.2, 0) is 0 Å². The van der Waals surface area contributed by atoms with E-state index in [1.54, 1.807) is 31.4 Å². The molecule has 0 saturated carbocycles. The lowest BCUT2D eigenvalue weighted by atomic mass is 10.2. The number of hydrogen-bond donors (Lipinski definition) is 1. The first kappa shape index (κ1) is 15.5. The molecule has 3 aromatic rings. The second-order valence-electron chi connectivity index (χ2n) is 5.21. The van der Waals surface area contributed by atoms with Crippen molar-refractivity contribution in [1.82, 2.24) is 4.98 Å². The molecule has 1 aliphatic rings. The highest BCUT2D eigenvalue weighted by Crippen LogP contribution is 2.39. The number of nitrogens with zero attached hydrogens (tertiary/aromatic N) is 1. The van der Waals surface area contributed by atoms with Crippen molar-refractivity contribution in [1.29, 1.82) is 0 Å². The van der Waals surface area contributed by atoms with Gasteiger partial charge in [-0.1, -0.05) is 11.3 Å². The van der Waals surface area contributed by atoms with Gasteiger partial charge in [-0.25, -0.2) is 4.98 Å². The number of rotatable bonds is 4. The highest BCUT2D eigenvalue weighted by Gasteiger charge is 2.19. The largest absolute Gasteiger partial charge is 0.497 e. The van der Waals surface area contributed by atoms with Crippen LogP contribution in [-0.4, -0.2) is 31.9 Å². The van der Waals surface area contributed by atoms with E-state index in [1.807, 2.05) is 6.07 Å². The summed E-state index contributed by atoms with van der Waals surface area (Å²) in [6.45, 7) is 0.214. The Balaban J connectivity index is 1.64. The van der Waals surface area contributed by atoms with Crippen molar-refractivity contribution >= 4 is 32.6 Å². The van der Waals surface area contributed by atoms with E-state index < -0.39 is 0 Å². The van der Waals surface area contributed by atoms with E-state index in [2.05, 4.69) is 10.3 Å². The fourth-order valence-electron chi connectivity index (χ4n) is 2.53. The van der Waals surface area contributed by atoms with Crippen molar-refractivity contribution in [2.45, 2.75) is 0 Å². The quantitative estimate of drug-likeness (QED) is 0.771. The normalized spacial score (nSPS) is 12.2. The number of thiazole rings is 1. The van der Waals surface area contributed by atoms with Gasteiger partial charge in [0.15, 0.2) is 16.6 Å². The lowest BCUT2D eigenvalue weighted by Crippen LogP contribution is -2.13. The summed E-state index contributed by atoms with van der Waals surface area (Å²) in [4.78, 5) is 17.0. The Morgan fingerprint density at radius 3 is 2.72 bits per heavy atom. The molecule has 1 N–H and O–H groups in total. The van der Waals surface area contributed by atoms with Gasteiger partial charge in [-0.15, -0.1) is 0 Å². The van der Waals surface area contributed by atoms with Crippen LogP contribution in [0.4, 0.5) is 5.13 Å². The first-order chi connectivity index (χ1) is 12.2. The number of anilines is 1. The Morgan fingerprint density at radius 2 is 1.96 bits per heavy atom. The molecule has 8 heteroatoms. The zero-order valence-electron chi connectivity index (χ0n) is 13.5. The number of amides is 1. The molecule has 0 bridgehead atoms. The number of methoxy groups -OCH3 is 2. The Bertz CT molecular complexity index is 928. The van der Waals surface area contributed by atoms with Gasteiger partial charge < -0.3 is 18.9 Å². The smallest absolute Gasteiger partial charge is 0.261 e. The monoisotopic (exact) mass is 358 g/mol. The number of fused-ring (bicyclic) bond motifs is 2. The summed E-state index contributed by atoms with van der Waals surface area (Å²) >= 11 is 1.36. The second-order valence-corrected chi connectivity index (χ2v) is 6.24. The minimum absolute atomic E-state index is 0.214. The van der Waals surface area contributed by atoms with Crippen molar-refractivity contribution in [3.05, 3.63) is 35.9 Å². The average Bonchev–Trinajstić information content (AvgIpc) is 3.23. The number of nitrogens with one attached hydrogen (secondary N) is 1. The number of carbonyl (C=O) groups is 1. The van der Waals surface area contributed by atoms with Crippen LogP contribution in [0.1, 0.15) is 10.4 Å². The highest BCUT2D eigenvalue weighted by molar-refractivity contribution is 7.22. The topological polar surface area (TPSA) is 78.9 Å². The number of benzene rings is 2. The number of hydrogen-bond acceptors (Lipinski definition) is 7. The third-order valence-corrected chi connectivity index (χ3v) is 4.69. The zero-order chi connectivity index (χ0) is 17.4. The number of ether oxygens (including phenoxy) is 4. The van der Waals surface area contributed by atoms with Gasteiger partial charge in [0.25, 0.3) is 5.91 Å². The van der Waals surface area contributed by atoms with Crippen LogP contribution < -0.4 is 24.3 Å². The van der Waals surface area contributed by atoms with Gasteiger partial charge in [-0.3, -0.25) is 10.1 Å². The Morgan fingerprint density at radius 1 is 1.16 bits per heavy atom. The molecule has 0 radical (unpaired) electrons. The lowest BCUT2D eigenvalue weighted by molar-refractivity contribution is 0.102. The third-order valence-electron chi connectivity index (χ3n) is 3.75. The summed E-state index contributed by atoms with van der Waals surface area (Å²) in [6, 6.07) is 8.70. The van der Waals surface area contributed by atoms with E-state index in [1.165, 1.54) is 18.4 Å². The molecule has 2 heterocycles. The fourth-order valence-corrected chi connectivity index (χ4v) is 3.40. The van der Waals surface area contributed by atoms with Crippen LogP contribution in [0.25, 0.3) is 10.2 Å². The van der Waals surface area contributed by atoms with Crippen LogP contribution in [0.2, 0.25) is 0 Å².